The minimum atomic E-state index is -0.392. The highest BCUT2D eigenvalue weighted by atomic mass is 32.2. The highest BCUT2D eigenvalue weighted by Crippen LogP contribution is 2.44. The van der Waals surface area contributed by atoms with Crippen molar-refractivity contribution in [2.75, 3.05) is 19.6 Å². The molecule has 2 saturated heterocycles. The van der Waals surface area contributed by atoms with Gasteiger partial charge in [-0.3, -0.25) is 9.59 Å². The Bertz CT molecular complexity index is 1010. The number of carbonyl (C=O) groups is 2. The summed E-state index contributed by atoms with van der Waals surface area (Å²) in [6.45, 7) is 10.6. The van der Waals surface area contributed by atoms with Crippen LogP contribution in [0, 0.1) is 11.7 Å². The second kappa shape index (κ2) is 9.49. The summed E-state index contributed by atoms with van der Waals surface area (Å²) in [6, 6.07) is 14.6. The van der Waals surface area contributed by atoms with Crippen LogP contribution in [0.4, 0.5) is 4.39 Å². The van der Waals surface area contributed by atoms with E-state index in [2.05, 4.69) is 45.0 Å². The van der Waals surface area contributed by atoms with E-state index in [0.29, 0.717) is 31.1 Å². The summed E-state index contributed by atoms with van der Waals surface area (Å²) in [5, 5.41) is -0.0135. The van der Waals surface area contributed by atoms with E-state index < -0.39 is 5.82 Å². The second-order valence-corrected chi connectivity index (χ2v) is 11.7. The molecule has 6 heteroatoms. The molecule has 33 heavy (non-hydrogen) atoms. The molecule has 0 spiro atoms. The lowest BCUT2D eigenvalue weighted by Crippen LogP contribution is -2.42. The van der Waals surface area contributed by atoms with Crippen LogP contribution < -0.4 is 0 Å². The first-order valence-corrected chi connectivity index (χ1v) is 12.7. The zero-order valence-corrected chi connectivity index (χ0v) is 20.7. The lowest BCUT2D eigenvalue weighted by atomic mass is 9.86. The van der Waals surface area contributed by atoms with Gasteiger partial charge in [0.25, 0.3) is 5.91 Å². The van der Waals surface area contributed by atoms with Crippen molar-refractivity contribution in [3.05, 3.63) is 71.0 Å². The number of amides is 2. The molecule has 2 fully saturated rings. The lowest BCUT2D eigenvalue weighted by Gasteiger charge is -2.35. The molecule has 0 saturated carbocycles. The topological polar surface area (TPSA) is 40.6 Å². The molecule has 2 atom stereocenters. The predicted molar refractivity (Wildman–Crippen MR) is 132 cm³/mol. The quantitative estimate of drug-likeness (QED) is 0.583. The maximum absolute atomic E-state index is 13.5. The van der Waals surface area contributed by atoms with E-state index in [-0.39, 0.29) is 27.9 Å². The van der Waals surface area contributed by atoms with Crippen LogP contribution in [0.2, 0.25) is 0 Å². The first kappa shape index (κ1) is 23.8. The molecule has 2 aromatic carbocycles. The summed E-state index contributed by atoms with van der Waals surface area (Å²) < 4.78 is 13.5. The van der Waals surface area contributed by atoms with E-state index in [0.717, 1.165) is 12.8 Å². The number of hydrogen-bond acceptors (Lipinski definition) is 3. The lowest BCUT2D eigenvalue weighted by molar-refractivity contribution is -0.130. The van der Waals surface area contributed by atoms with Crippen molar-refractivity contribution in [3.63, 3.8) is 0 Å². The average molecular weight is 469 g/mol. The maximum atomic E-state index is 13.5. The van der Waals surface area contributed by atoms with Crippen LogP contribution in [0.1, 0.15) is 67.4 Å². The van der Waals surface area contributed by atoms with Crippen molar-refractivity contribution in [2.45, 2.75) is 56.6 Å². The third-order valence-electron chi connectivity index (χ3n) is 6.74. The van der Waals surface area contributed by atoms with Gasteiger partial charge in [0.05, 0.1) is 5.25 Å². The van der Waals surface area contributed by atoms with Crippen molar-refractivity contribution < 1.29 is 14.0 Å². The predicted octanol–water partition coefficient (Wildman–Crippen LogP) is 5.64. The Hall–Kier alpha value is -2.34. The van der Waals surface area contributed by atoms with Crippen LogP contribution in [-0.2, 0) is 10.2 Å². The minimum absolute atomic E-state index is 0.0356. The number of thioether (sulfide) groups is 1. The number of benzene rings is 2. The Kier molecular flexibility index (Phi) is 6.85. The molecule has 4 rings (SSSR count). The van der Waals surface area contributed by atoms with Gasteiger partial charge < -0.3 is 9.80 Å². The van der Waals surface area contributed by atoms with Gasteiger partial charge in [0, 0.05) is 25.2 Å². The van der Waals surface area contributed by atoms with Gasteiger partial charge in [0.1, 0.15) is 11.2 Å². The Morgan fingerprint density at radius 3 is 2.36 bits per heavy atom. The van der Waals surface area contributed by atoms with Crippen molar-refractivity contribution in [2.24, 2.45) is 5.92 Å². The van der Waals surface area contributed by atoms with E-state index in [4.69, 9.17) is 0 Å². The van der Waals surface area contributed by atoms with E-state index in [1.54, 1.807) is 28.8 Å². The molecular weight excluding hydrogens is 435 g/mol. The Balaban J connectivity index is 1.40. The van der Waals surface area contributed by atoms with Gasteiger partial charge in [-0.15, -0.1) is 11.8 Å². The Morgan fingerprint density at radius 2 is 1.76 bits per heavy atom. The van der Waals surface area contributed by atoms with Gasteiger partial charge in [0.2, 0.25) is 5.91 Å². The molecular formula is C27H33FN2O2S. The van der Waals surface area contributed by atoms with Crippen LogP contribution in [0.15, 0.2) is 48.5 Å². The number of hydrogen-bond donors (Lipinski definition) is 0. The normalized spacial score (nSPS) is 22.2. The van der Waals surface area contributed by atoms with Gasteiger partial charge in [-0.1, -0.05) is 51.1 Å². The average Bonchev–Trinajstić information content (AvgIpc) is 3.07. The smallest absolute Gasteiger partial charge is 0.253 e. The molecule has 0 aromatic heterocycles. The molecule has 2 unspecified atom stereocenters. The summed E-state index contributed by atoms with van der Waals surface area (Å²) in [6.07, 6.45) is 1.69. The van der Waals surface area contributed by atoms with Crippen LogP contribution in [0.5, 0.6) is 0 Å². The number of piperidine rings is 1. The van der Waals surface area contributed by atoms with Gasteiger partial charge >= 0.3 is 0 Å². The Labute approximate surface area is 200 Å². The summed E-state index contributed by atoms with van der Waals surface area (Å²) in [4.78, 5) is 29.5. The van der Waals surface area contributed by atoms with Crippen LogP contribution in [-0.4, -0.2) is 46.5 Å². The Morgan fingerprint density at radius 1 is 1.09 bits per heavy atom. The van der Waals surface area contributed by atoms with Crippen molar-refractivity contribution in [1.29, 1.82) is 0 Å². The maximum Gasteiger partial charge on any atom is 0.253 e. The highest BCUT2D eigenvalue weighted by Gasteiger charge is 2.40. The van der Waals surface area contributed by atoms with Gasteiger partial charge in [0.15, 0.2) is 0 Å². The molecule has 2 aromatic rings. The monoisotopic (exact) mass is 468 g/mol. The van der Waals surface area contributed by atoms with E-state index in [9.17, 15) is 14.0 Å². The molecule has 176 valence electrons. The largest absolute Gasteiger partial charge is 0.339 e. The SMILES string of the molecule is CC1SC(c2ccc(C(C)(C)C)cc2)N(CC2CCN(C(=O)c3cccc(F)c3)CC2)C1=O. The molecule has 2 aliphatic heterocycles. The van der Waals surface area contributed by atoms with Crippen LogP contribution >= 0.6 is 11.8 Å². The fourth-order valence-corrected chi connectivity index (χ4v) is 5.96. The van der Waals surface area contributed by atoms with Gasteiger partial charge in [-0.2, -0.15) is 0 Å². The molecule has 0 radical (unpaired) electrons. The van der Waals surface area contributed by atoms with Gasteiger partial charge in [-0.25, -0.2) is 4.39 Å². The standard InChI is InChI=1S/C27H33FN2O2S/c1-18-24(31)30(26(33-18)20-8-10-22(11-9-20)27(2,3)4)17-19-12-14-29(15-13-19)25(32)21-6-5-7-23(28)16-21/h5-11,16,18-19,26H,12-15,17H2,1-4H3. The number of halogens is 1. The van der Waals surface area contributed by atoms with Crippen LogP contribution in [0.25, 0.3) is 0 Å². The van der Waals surface area contributed by atoms with Crippen LogP contribution in [0.3, 0.4) is 0 Å². The fraction of sp³-hybridized carbons (Fsp3) is 0.481. The summed E-state index contributed by atoms with van der Waals surface area (Å²) in [7, 11) is 0. The summed E-state index contributed by atoms with van der Waals surface area (Å²) in [5.74, 6) is 0.0404. The van der Waals surface area contributed by atoms with E-state index in [1.165, 1.54) is 23.3 Å². The van der Waals surface area contributed by atoms with Gasteiger partial charge in [-0.05, 0) is 60.4 Å². The zero-order valence-electron chi connectivity index (χ0n) is 19.9. The molecule has 0 aliphatic carbocycles. The number of rotatable bonds is 4. The van der Waals surface area contributed by atoms with Crippen molar-refractivity contribution >= 4 is 23.6 Å². The van der Waals surface area contributed by atoms with Crippen molar-refractivity contribution in [1.82, 2.24) is 9.80 Å². The van der Waals surface area contributed by atoms with E-state index >= 15 is 0 Å². The third kappa shape index (κ3) is 5.26. The minimum Gasteiger partial charge on any atom is -0.339 e. The number of likely N-dealkylation sites (tertiary alicyclic amines) is 1. The van der Waals surface area contributed by atoms with E-state index in [1.807, 2.05) is 11.8 Å². The second-order valence-electron chi connectivity index (χ2n) is 10.2. The molecule has 0 bridgehead atoms. The molecule has 4 nitrogen and oxygen atoms in total. The van der Waals surface area contributed by atoms with Crippen molar-refractivity contribution in [3.8, 4) is 0 Å². The molecule has 2 heterocycles. The number of nitrogens with zero attached hydrogens (tertiary/aromatic N) is 2. The summed E-state index contributed by atoms with van der Waals surface area (Å²) in [5.41, 5.74) is 2.95. The highest BCUT2D eigenvalue weighted by molar-refractivity contribution is 8.01. The molecule has 2 amide bonds. The first-order valence-electron chi connectivity index (χ1n) is 11.7. The fourth-order valence-electron chi connectivity index (χ4n) is 4.67. The zero-order chi connectivity index (χ0) is 23.8. The third-order valence-corrected chi connectivity index (χ3v) is 8.13. The first-order chi connectivity index (χ1) is 15.6. The molecule has 0 N–H and O–H groups in total. The summed E-state index contributed by atoms with van der Waals surface area (Å²) >= 11 is 1.72. The number of carbonyl (C=O) groups excluding carboxylic acids is 2. The molecule has 2 aliphatic rings.